The Kier molecular flexibility index (Phi) is 4.36. The van der Waals surface area contributed by atoms with Gasteiger partial charge in [0, 0.05) is 17.0 Å². The third kappa shape index (κ3) is 3.45. The van der Waals surface area contributed by atoms with Gasteiger partial charge in [-0.15, -0.1) is 11.8 Å². The third-order valence-electron chi connectivity index (χ3n) is 2.68. The quantitative estimate of drug-likeness (QED) is 0.356. The second-order valence-corrected chi connectivity index (χ2v) is 4.78. The van der Waals surface area contributed by atoms with E-state index in [1.807, 2.05) is 48.7 Å². The van der Waals surface area contributed by atoms with Crippen LogP contribution >= 0.6 is 11.8 Å². The average molecular weight is 271 g/mol. The van der Waals surface area contributed by atoms with Gasteiger partial charge in [0.25, 0.3) is 5.69 Å². The molecular weight excluding hydrogens is 258 g/mol. The summed E-state index contributed by atoms with van der Waals surface area (Å²) in [6.45, 7) is 0. The standard InChI is InChI=1S/C15H13NO2S/c1-19-15-11-14(16(17)18)10-9-13(15)8-7-12-5-3-2-4-6-12/h2-11H,1H3/b8-7+. The molecule has 0 aromatic heterocycles. The van der Waals surface area contributed by atoms with Crippen LogP contribution in [0.15, 0.2) is 53.4 Å². The second-order valence-electron chi connectivity index (χ2n) is 3.93. The maximum Gasteiger partial charge on any atom is 0.270 e. The van der Waals surface area contributed by atoms with E-state index in [9.17, 15) is 10.1 Å². The van der Waals surface area contributed by atoms with Crippen molar-refractivity contribution in [3.05, 3.63) is 69.8 Å². The molecule has 0 fully saturated rings. The molecule has 0 N–H and O–H groups in total. The van der Waals surface area contributed by atoms with Gasteiger partial charge in [-0.25, -0.2) is 0 Å². The van der Waals surface area contributed by atoms with E-state index < -0.39 is 0 Å². The summed E-state index contributed by atoms with van der Waals surface area (Å²) < 4.78 is 0. The van der Waals surface area contributed by atoms with E-state index in [1.165, 1.54) is 17.8 Å². The Bertz CT molecular complexity index is 609. The summed E-state index contributed by atoms with van der Waals surface area (Å²) in [5, 5.41) is 10.7. The van der Waals surface area contributed by atoms with Gasteiger partial charge in [-0.05, 0) is 23.4 Å². The van der Waals surface area contributed by atoms with E-state index >= 15 is 0 Å². The van der Waals surface area contributed by atoms with Gasteiger partial charge < -0.3 is 0 Å². The molecule has 0 spiro atoms. The second kappa shape index (κ2) is 6.20. The minimum Gasteiger partial charge on any atom is -0.258 e. The molecule has 3 nitrogen and oxygen atoms in total. The number of hydrogen-bond donors (Lipinski definition) is 0. The largest absolute Gasteiger partial charge is 0.270 e. The van der Waals surface area contributed by atoms with Crippen molar-refractivity contribution in [1.29, 1.82) is 0 Å². The van der Waals surface area contributed by atoms with Crippen molar-refractivity contribution in [2.24, 2.45) is 0 Å². The number of nitrogens with zero attached hydrogens (tertiary/aromatic N) is 1. The van der Waals surface area contributed by atoms with Crippen molar-refractivity contribution >= 4 is 29.6 Å². The zero-order valence-electron chi connectivity index (χ0n) is 10.4. The molecule has 2 rings (SSSR count). The highest BCUT2D eigenvalue weighted by Crippen LogP contribution is 2.27. The molecule has 0 atom stereocenters. The van der Waals surface area contributed by atoms with E-state index in [1.54, 1.807) is 12.1 Å². The van der Waals surface area contributed by atoms with Crippen molar-refractivity contribution in [3.63, 3.8) is 0 Å². The first-order chi connectivity index (χ1) is 9.20. The van der Waals surface area contributed by atoms with Crippen LogP contribution in [0.4, 0.5) is 5.69 Å². The van der Waals surface area contributed by atoms with Gasteiger partial charge in [-0.3, -0.25) is 10.1 Å². The lowest BCUT2D eigenvalue weighted by atomic mass is 10.1. The first-order valence-corrected chi connectivity index (χ1v) is 6.99. The maximum atomic E-state index is 10.7. The Morgan fingerprint density at radius 3 is 2.47 bits per heavy atom. The van der Waals surface area contributed by atoms with Crippen molar-refractivity contribution in [1.82, 2.24) is 0 Å². The van der Waals surface area contributed by atoms with Crippen LogP contribution in [0.1, 0.15) is 11.1 Å². The van der Waals surface area contributed by atoms with Gasteiger partial charge in [0.1, 0.15) is 0 Å². The molecule has 0 saturated carbocycles. The first-order valence-electron chi connectivity index (χ1n) is 5.76. The lowest BCUT2D eigenvalue weighted by Crippen LogP contribution is -1.89. The Hall–Kier alpha value is -2.07. The normalized spacial score (nSPS) is 10.8. The molecule has 0 amide bonds. The molecule has 0 heterocycles. The molecule has 0 radical (unpaired) electrons. The Morgan fingerprint density at radius 2 is 1.84 bits per heavy atom. The third-order valence-corrected chi connectivity index (χ3v) is 3.48. The fourth-order valence-electron chi connectivity index (χ4n) is 1.70. The zero-order valence-corrected chi connectivity index (χ0v) is 11.3. The Balaban J connectivity index is 2.30. The number of hydrogen-bond acceptors (Lipinski definition) is 3. The smallest absolute Gasteiger partial charge is 0.258 e. The Labute approximate surface area is 116 Å². The molecule has 2 aromatic carbocycles. The lowest BCUT2D eigenvalue weighted by Gasteiger charge is -2.02. The monoisotopic (exact) mass is 271 g/mol. The van der Waals surface area contributed by atoms with Gasteiger partial charge >= 0.3 is 0 Å². The van der Waals surface area contributed by atoms with Crippen LogP contribution in [0, 0.1) is 10.1 Å². The van der Waals surface area contributed by atoms with E-state index in [-0.39, 0.29) is 10.6 Å². The summed E-state index contributed by atoms with van der Waals surface area (Å²) in [7, 11) is 0. The molecule has 2 aromatic rings. The first kappa shape index (κ1) is 13.4. The average Bonchev–Trinajstić information content (AvgIpc) is 2.45. The number of nitro groups is 1. The minimum absolute atomic E-state index is 0.126. The predicted octanol–water partition coefficient (Wildman–Crippen LogP) is 4.49. The molecule has 0 aliphatic rings. The highest BCUT2D eigenvalue weighted by atomic mass is 32.2. The number of rotatable bonds is 4. The van der Waals surface area contributed by atoms with Crippen LogP contribution in [0.25, 0.3) is 12.2 Å². The van der Waals surface area contributed by atoms with Gasteiger partial charge in [0.2, 0.25) is 0 Å². The Morgan fingerprint density at radius 1 is 1.11 bits per heavy atom. The fraction of sp³-hybridized carbons (Fsp3) is 0.0667. The number of non-ortho nitro benzene ring substituents is 1. The van der Waals surface area contributed by atoms with Crippen molar-refractivity contribution in [3.8, 4) is 0 Å². The van der Waals surface area contributed by atoms with E-state index in [0.29, 0.717) is 0 Å². The zero-order chi connectivity index (χ0) is 13.7. The van der Waals surface area contributed by atoms with Crippen LogP contribution in [-0.4, -0.2) is 11.2 Å². The number of nitro benzene ring substituents is 1. The van der Waals surface area contributed by atoms with Gasteiger partial charge in [-0.1, -0.05) is 42.5 Å². The molecule has 0 aliphatic heterocycles. The summed E-state index contributed by atoms with van der Waals surface area (Å²) in [4.78, 5) is 11.3. The van der Waals surface area contributed by atoms with Gasteiger partial charge in [0.05, 0.1) is 4.92 Å². The van der Waals surface area contributed by atoms with Crippen molar-refractivity contribution < 1.29 is 4.92 Å². The van der Waals surface area contributed by atoms with Crippen molar-refractivity contribution in [2.75, 3.05) is 6.26 Å². The molecule has 0 unspecified atom stereocenters. The number of thioether (sulfide) groups is 1. The van der Waals surface area contributed by atoms with Crippen LogP contribution in [0.5, 0.6) is 0 Å². The fourth-order valence-corrected chi connectivity index (χ4v) is 2.31. The molecule has 0 aliphatic carbocycles. The molecular formula is C15H13NO2S. The van der Waals surface area contributed by atoms with Crippen molar-refractivity contribution in [2.45, 2.75) is 4.90 Å². The number of benzene rings is 2. The SMILES string of the molecule is CSc1cc([N+](=O)[O-])ccc1/C=C/c1ccccc1. The molecule has 0 saturated heterocycles. The minimum atomic E-state index is -0.371. The summed E-state index contributed by atoms with van der Waals surface area (Å²) in [6.07, 6.45) is 5.89. The lowest BCUT2D eigenvalue weighted by molar-refractivity contribution is -0.385. The highest BCUT2D eigenvalue weighted by Gasteiger charge is 2.08. The van der Waals surface area contributed by atoms with Crippen LogP contribution in [0.3, 0.4) is 0 Å². The highest BCUT2D eigenvalue weighted by molar-refractivity contribution is 7.98. The summed E-state index contributed by atoms with van der Waals surface area (Å²) >= 11 is 1.51. The molecule has 96 valence electrons. The molecule has 4 heteroatoms. The van der Waals surface area contributed by atoms with E-state index in [4.69, 9.17) is 0 Å². The van der Waals surface area contributed by atoms with E-state index in [0.717, 1.165) is 16.0 Å². The van der Waals surface area contributed by atoms with Crippen LogP contribution < -0.4 is 0 Å². The van der Waals surface area contributed by atoms with Crippen LogP contribution in [-0.2, 0) is 0 Å². The summed E-state index contributed by atoms with van der Waals surface area (Å²) in [5.74, 6) is 0. The summed E-state index contributed by atoms with van der Waals surface area (Å²) in [5.41, 5.74) is 2.22. The topological polar surface area (TPSA) is 43.1 Å². The van der Waals surface area contributed by atoms with E-state index in [2.05, 4.69) is 0 Å². The van der Waals surface area contributed by atoms with Gasteiger partial charge in [0.15, 0.2) is 0 Å². The molecule has 0 bridgehead atoms. The van der Waals surface area contributed by atoms with Gasteiger partial charge in [-0.2, -0.15) is 0 Å². The van der Waals surface area contributed by atoms with Crippen LogP contribution in [0.2, 0.25) is 0 Å². The predicted molar refractivity (Wildman–Crippen MR) is 80.2 cm³/mol. The molecule has 19 heavy (non-hydrogen) atoms. The maximum absolute atomic E-state index is 10.7. The summed E-state index contributed by atoms with van der Waals surface area (Å²) in [6, 6.07) is 14.9.